The minimum absolute atomic E-state index is 0.142. The predicted octanol–water partition coefficient (Wildman–Crippen LogP) is 5.08. The number of unbranched alkanes of at least 4 members (excludes halogenated alkanes) is 3. The molecule has 0 heterocycles. The first kappa shape index (κ1) is 16.3. The summed E-state index contributed by atoms with van der Waals surface area (Å²) in [6, 6.07) is 2.58. The first-order chi connectivity index (χ1) is 9.06. The Morgan fingerprint density at radius 2 is 1.74 bits per heavy atom. The predicted molar refractivity (Wildman–Crippen MR) is 77.8 cm³/mol. The molecule has 106 valence electrons. The number of halogens is 3. The van der Waals surface area contributed by atoms with Gasteiger partial charge in [0.1, 0.15) is 0 Å². The molecule has 0 fully saturated rings. The van der Waals surface area contributed by atoms with Crippen molar-refractivity contribution in [2.75, 3.05) is 12.5 Å². The summed E-state index contributed by atoms with van der Waals surface area (Å²) in [5.74, 6) is 0.802. The Morgan fingerprint density at radius 1 is 1.11 bits per heavy atom. The summed E-state index contributed by atoms with van der Waals surface area (Å²) in [4.78, 5) is 10.3. The van der Waals surface area contributed by atoms with E-state index >= 15 is 0 Å². The van der Waals surface area contributed by atoms with Gasteiger partial charge in [-0.1, -0.05) is 36.0 Å². The van der Waals surface area contributed by atoms with E-state index in [0.29, 0.717) is 12.5 Å². The van der Waals surface area contributed by atoms with Crippen LogP contribution in [0.2, 0.25) is 10.0 Å². The molecule has 0 amide bonds. The van der Waals surface area contributed by atoms with Gasteiger partial charge in [0.2, 0.25) is 0 Å². The van der Waals surface area contributed by atoms with Crippen molar-refractivity contribution in [2.45, 2.75) is 25.7 Å². The molecule has 1 aromatic rings. The van der Waals surface area contributed by atoms with Crippen molar-refractivity contribution in [1.29, 1.82) is 0 Å². The van der Waals surface area contributed by atoms with Crippen LogP contribution in [0.5, 0.6) is 5.75 Å². The van der Waals surface area contributed by atoms with E-state index < -0.39 is 4.92 Å². The van der Waals surface area contributed by atoms with Gasteiger partial charge < -0.3 is 4.74 Å². The molecule has 0 radical (unpaired) electrons. The molecule has 1 rings (SSSR count). The van der Waals surface area contributed by atoms with Crippen molar-refractivity contribution < 1.29 is 9.66 Å². The summed E-state index contributed by atoms with van der Waals surface area (Å²) in [5, 5.41) is 11.3. The van der Waals surface area contributed by atoms with Crippen molar-refractivity contribution >= 4 is 40.5 Å². The van der Waals surface area contributed by atoms with E-state index in [0.717, 1.165) is 25.7 Å². The first-order valence-electron chi connectivity index (χ1n) is 5.88. The van der Waals surface area contributed by atoms with Gasteiger partial charge in [-0.15, -0.1) is 11.6 Å². The zero-order valence-corrected chi connectivity index (χ0v) is 12.5. The molecule has 0 bridgehead atoms. The Bertz CT molecular complexity index is 440. The molecule has 4 nitrogen and oxygen atoms in total. The number of nitro benzene ring substituents is 1. The number of ether oxygens (including phenoxy) is 1. The number of hydrogen-bond acceptors (Lipinski definition) is 3. The summed E-state index contributed by atoms with van der Waals surface area (Å²) in [6.45, 7) is 0.404. The highest BCUT2D eigenvalue weighted by molar-refractivity contribution is 6.42. The first-order valence-corrected chi connectivity index (χ1v) is 7.17. The van der Waals surface area contributed by atoms with E-state index in [1.807, 2.05) is 0 Å². The number of rotatable bonds is 8. The Morgan fingerprint density at radius 3 is 2.37 bits per heavy atom. The molecule has 0 aliphatic rings. The van der Waals surface area contributed by atoms with Crippen LogP contribution in [0.25, 0.3) is 0 Å². The lowest BCUT2D eigenvalue weighted by atomic mass is 10.2. The third kappa shape index (κ3) is 5.43. The largest absolute Gasteiger partial charge is 0.487 e. The minimum Gasteiger partial charge on any atom is -0.487 e. The third-order valence-electron chi connectivity index (χ3n) is 2.48. The number of alkyl halides is 1. The van der Waals surface area contributed by atoms with Crippen LogP contribution >= 0.6 is 34.8 Å². The van der Waals surface area contributed by atoms with E-state index in [1.165, 1.54) is 12.1 Å². The fourth-order valence-electron chi connectivity index (χ4n) is 1.51. The van der Waals surface area contributed by atoms with Gasteiger partial charge in [0, 0.05) is 18.0 Å². The summed E-state index contributed by atoms with van der Waals surface area (Å²) < 4.78 is 5.40. The Kier molecular flexibility index (Phi) is 7.28. The molecule has 0 unspecified atom stereocenters. The molecule has 0 atom stereocenters. The van der Waals surface area contributed by atoms with E-state index in [-0.39, 0.29) is 21.5 Å². The van der Waals surface area contributed by atoms with Crippen LogP contribution < -0.4 is 4.74 Å². The van der Waals surface area contributed by atoms with Gasteiger partial charge in [-0.05, 0) is 12.8 Å². The number of hydrogen-bond donors (Lipinski definition) is 0. The minimum atomic E-state index is -0.537. The van der Waals surface area contributed by atoms with Crippen molar-refractivity contribution in [3.8, 4) is 5.75 Å². The fourth-order valence-corrected chi connectivity index (χ4v) is 2.01. The van der Waals surface area contributed by atoms with Gasteiger partial charge in [0.15, 0.2) is 5.75 Å². The lowest BCUT2D eigenvalue weighted by molar-refractivity contribution is -0.385. The number of nitrogens with zero attached hydrogens (tertiary/aromatic N) is 1. The highest BCUT2D eigenvalue weighted by Gasteiger charge is 2.18. The molecule has 0 aliphatic carbocycles. The second-order valence-corrected chi connectivity index (χ2v) is 5.14. The Labute approximate surface area is 126 Å². The third-order valence-corrected chi connectivity index (χ3v) is 3.47. The number of nitro groups is 1. The summed E-state index contributed by atoms with van der Waals surface area (Å²) in [5.41, 5.74) is -0.171. The molecule has 0 aliphatic heterocycles. The molecular formula is C12H14Cl3NO3. The van der Waals surface area contributed by atoms with Gasteiger partial charge in [-0.25, -0.2) is 0 Å². The van der Waals surface area contributed by atoms with E-state index in [4.69, 9.17) is 39.5 Å². The van der Waals surface area contributed by atoms with Gasteiger partial charge in [-0.2, -0.15) is 0 Å². The van der Waals surface area contributed by atoms with Gasteiger partial charge in [-0.3, -0.25) is 10.1 Å². The lowest BCUT2D eigenvalue weighted by Crippen LogP contribution is -2.01. The summed E-state index contributed by atoms with van der Waals surface area (Å²) in [7, 11) is 0. The molecule has 0 spiro atoms. The second-order valence-electron chi connectivity index (χ2n) is 3.94. The molecule has 0 saturated heterocycles. The van der Waals surface area contributed by atoms with Crippen LogP contribution in [0.1, 0.15) is 25.7 Å². The molecule has 0 aromatic heterocycles. The Balaban J connectivity index is 2.57. The molecule has 0 N–H and O–H groups in total. The topological polar surface area (TPSA) is 52.4 Å². The van der Waals surface area contributed by atoms with Crippen molar-refractivity contribution in [2.24, 2.45) is 0 Å². The van der Waals surface area contributed by atoms with Gasteiger partial charge in [0.25, 0.3) is 0 Å². The van der Waals surface area contributed by atoms with Crippen molar-refractivity contribution in [3.63, 3.8) is 0 Å². The SMILES string of the molecule is O=[N+]([O-])c1cc(Cl)c(Cl)cc1OCCCCCCCl. The Hall–Kier alpha value is -0.710. The van der Waals surface area contributed by atoms with Gasteiger partial charge in [0.05, 0.1) is 21.6 Å². The molecule has 7 heteroatoms. The molecular weight excluding hydrogens is 312 g/mol. The molecule has 0 saturated carbocycles. The normalized spacial score (nSPS) is 10.5. The standard InChI is InChI=1S/C12H14Cl3NO3/c13-5-3-1-2-4-6-19-12-8-10(15)9(14)7-11(12)16(17)18/h7-8H,1-6H2. The highest BCUT2D eigenvalue weighted by atomic mass is 35.5. The maximum absolute atomic E-state index is 10.9. The molecule has 19 heavy (non-hydrogen) atoms. The highest BCUT2D eigenvalue weighted by Crippen LogP contribution is 2.35. The molecule has 1 aromatic carbocycles. The monoisotopic (exact) mass is 325 g/mol. The zero-order valence-electron chi connectivity index (χ0n) is 10.2. The number of benzene rings is 1. The van der Waals surface area contributed by atoms with E-state index in [2.05, 4.69) is 0 Å². The van der Waals surface area contributed by atoms with E-state index in [1.54, 1.807) is 0 Å². The van der Waals surface area contributed by atoms with Crippen LogP contribution in [0.3, 0.4) is 0 Å². The smallest absolute Gasteiger partial charge is 0.312 e. The van der Waals surface area contributed by atoms with E-state index in [9.17, 15) is 10.1 Å². The van der Waals surface area contributed by atoms with Crippen LogP contribution in [0, 0.1) is 10.1 Å². The summed E-state index contributed by atoms with van der Waals surface area (Å²) >= 11 is 17.1. The average Bonchev–Trinajstić information content (AvgIpc) is 2.37. The second kappa shape index (κ2) is 8.46. The maximum atomic E-state index is 10.9. The zero-order chi connectivity index (χ0) is 14.3. The van der Waals surface area contributed by atoms with Crippen LogP contribution in [-0.2, 0) is 0 Å². The van der Waals surface area contributed by atoms with Crippen LogP contribution in [0.4, 0.5) is 5.69 Å². The average molecular weight is 327 g/mol. The van der Waals surface area contributed by atoms with Crippen molar-refractivity contribution in [1.82, 2.24) is 0 Å². The maximum Gasteiger partial charge on any atom is 0.312 e. The fraction of sp³-hybridized carbons (Fsp3) is 0.500. The van der Waals surface area contributed by atoms with Crippen LogP contribution in [-0.4, -0.2) is 17.4 Å². The summed E-state index contributed by atoms with van der Waals surface area (Å²) in [6.07, 6.45) is 3.78. The lowest BCUT2D eigenvalue weighted by Gasteiger charge is -2.07. The van der Waals surface area contributed by atoms with Crippen LogP contribution in [0.15, 0.2) is 12.1 Å². The van der Waals surface area contributed by atoms with Gasteiger partial charge >= 0.3 is 5.69 Å². The quantitative estimate of drug-likeness (QED) is 0.290. The van der Waals surface area contributed by atoms with Crippen molar-refractivity contribution in [3.05, 3.63) is 32.3 Å².